The van der Waals surface area contributed by atoms with Crippen LogP contribution in [-0.4, -0.2) is 22.3 Å². The van der Waals surface area contributed by atoms with Crippen molar-refractivity contribution in [1.82, 2.24) is 10.2 Å². The maximum atomic E-state index is 6.40. The molecule has 4 heteroatoms. The zero-order chi connectivity index (χ0) is 15.2. The largest absolute Gasteiger partial charge is 0.468 e. The number of thiocarbonyl (C=S) groups is 1. The van der Waals surface area contributed by atoms with Crippen molar-refractivity contribution in [3.63, 3.8) is 0 Å². The Hall–Kier alpha value is -1.29. The number of benzene rings is 1. The summed E-state index contributed by atoms with van der Waals surface area (Å²) in [5.41, 5.74) is 3.51. The van der Waals surface area contributed by atoms with Crippen molar-refractivity contribution in [1.29, 1.82) is 0 Å². The minimum absolute atomic E-state index is 0.267. The Morgan fingerprint density at radius 1 is 1.38 bits per heavy atom. The van der Waals surface area contributed by atoms with Gasteiger partial charge in [0.1, 0.15) is 5.75 Å². The summed E-state index contributed by atoms with van der Waals surface area (Å²) in [4.78, 5) is 2.22. The second-order valence-corrected chi connectivity index (χ2v) is 6.85. The van der Waals surface area contributed by atoms with Gasteiger partial charge in [-0.05, 0) is 56.6 Å². The Morgan fingerprint density at radius 2 is 2.10 bits per heavy atom. The highest BCUT2D eigenvalue weighted by Crippen LogP contribution is 2.44. The summed E-state index contributed by atoms with van der Waals surface area (Å²) in [6.07, 6.45) is 3.23. The molecule has 1 aromatic carbocycles. The number of nitrogens with zero attached hydrogens (tertiary/aromatic N) is 1. The van der Waals surface area contributed by atoms with E-state index in [1.807, 2.05) is 0 Å². The normalized spacial score (nSPS) is 27.0. The molecule has 0 saturated carbocycles. The summed E-state index contributed by atoms with van der Waals surface area (Å²) in [5, 5.41) is 4.34. The fraction of sp³-hybridized carbons (Fsp3) is 0.588. The summed E-state index contributed by atoms with van der Waals surface area (Å²) in [6.45, 7) is 9.61. The molecule has 2 bridgehead atoms. The van der Waals surface area contributed by atoms with Crippen molar-refractivity contribution in [2.45, 2.75) is 58.7 Å². The van der Waals surface area contributed by atoms with E-state index in [2.05, 4.69) is 50.0 Å². The molecule has 0 amide bonds. The molecule has 1 aromatic rings. The number of hydrogen-bond acceptors (Lipinski definition) is 2. The molecule has 1 saturated heterocycles. The summed E-state index contributed by atoms with van der Waals surface area (Å²) in [7, 11) is 0. The molecule has 0 radical (unpaired) electrons. The van der Waals surface area contributed by atoms with Crippen molar-refractivity contribution >= 4 is 17.3 Å². The van der Waals surface area contributed by atoms with Crippen molar-refractivity contribution in [2.24, 2.45) is 0 Å². The summed E-state index contributed by atoms with van der Waals surface area (Å²) in [6, 6.07) is 4.68. The zero-order valence-corrected chi connectivity index (χ0v) is 14.1. The Bertz CT molecular complexity index is 586. The van der Waals surface area contributed by atoms with Gasteiger partial charge in [-0.15, -0.1) is 0 Å². The second-order valence-electron chi connectivity index (χ2n) is 6.46. The van der Waals surface area contributed by atoms with E-state index in [-0.39, 0.29) is 11.8 Å². The molecule has 2 heterocycles. The third-order valence-corrected chi connectivity index (χ3v) is 5.10. The highest BCUT2D eigenvalue weighted by atomic mass is 32.1. The van der Waals surface area contributed by atoms with Crippen LogP contribution >= 0.6 is 12.2 Å². The molecule has 0 spiro atoms. The fourth-order valence-corrected chi connectivity index (χ4v) is 3.76. The lowest BCUT2D eigenvalue weighted by Crippen LogP contribution is -2.64. The number of fused-ring (bicyclic) bond motifs is 4. The Labute approximate surface area is 132 Å². The van der Waals surface area contributed by atoms with Gasteiger partial charge >= 0.3 is 0 Å². The summed E-state index contributed by atoms with van der Waals surface area (Å²) >= 11 is 5.59. The lowest BCUT2D eigenvalue weighted by atomic mass is 9.88. The molecule has 1 N–H and O–H groups in total. The molecule has 3 rings (SSSR count). The molecule has 2 unspecified atom stereocenters. The van der Waals surface area contributed by atoms with Gasteiger partial charge in [-0.1, -0.05) is 19.4 Å². The van der Waals surface area contributed by atoms with Crippen molar-refractivity contribution < 1.29 is 4.74 Å². The maximum Gasteiger partial charge on any atom is 0.184 e. The van der Waals surface area contributed by atoms with E-state index in [0.717, 1.165) is 36.7 Å². The number of unbranched alkanes of at least 4 members (excludes halogenated alkanes) is 1. The zero-order valence-electron chi connectivity index (χ0n) is 13.3. The van der Waals surface area contributed by atoms with Crippen LogP contribution in [0.2, 0.25) is 0 Å². The van der Waals surface area contributed by atoms with E-state index in [9.17, 15) is 0 Å². The van der Waals surface area contributed by atoms with Gasteiger partial charge in [0.25, 0.3) is 0 Å². The lowest BCUT2D eigenvalue weighted by Gasteiger charge is -2.52. The highest BCUT2D eigenvalue weighted by Gasteiger charge is 2.47. The average Bonchev–Trinajstić information content (AvgIpc) is 2.40. The lowest BCUT2D eigenvalue weighted by molar-refractivity contribution is -0.0685. The molecule has 21 heavy (non-hydrogen) atoms. The Kier molecular flexibility index (Phi) is 3.60. The molecular weight excluding hydrogens is 280 g/mol. The van der Waals surface area contributed by atoms with Crippen LogP contribution in [0.3, 0.4) is 0 Å². The van der Waals surface area contributed by atoms with Gasteiger partial charge < -0.3 is 15.0 Å². The van der Waals surface area contributed by atoms with Crippen LogP contribution in [0.25, 0.3) is 0 Å². The van der Waals surface area contributed by atoms with Gasteiger partial charge in [-0.25, -0.2) is 0 Å². The SMILES string of the molecule is CCCCN1C(=S)NC2CC1(C)Oc1cc(C)c(C)cc12. The molecular formula is C17H24N2OS. The molecule has 1 fully saturated rings. The van der Waals surface area contributed by atoms with Gasteiger partial charge in [0.15, 0.2) is 10.8 Å². The van der Waals surface area contributed by atoms with E-state index in [1.54, 1.807) is 0 Å². The molecule has 0 aliphatic carbocycles. The number of rotatable bonds is 3. The number of nitrogens with one attached hydrogen (secondary N) is 1. The minimum Gasteiger partial charge on any atom is -0.468 e. The van der Waals surface area contributed by atoms with E-state index in [1.165, 1.54) is 16.7 Å². The van der Waals surface area contributed by atoms with Gasteiger partial charge in [-0.3, -0.25) is 0 Å². The van der Waals surface area contributed by atoms with Crippen LogP contribution in [-0.2, 0) is 0 Å². The maximum absolute atomic E-state index is 6.40. The van der Waals surface area contributed by atoms with E-state index >= 15 is 0 Å². The van der Waals surface area contributed by atoms with Gasteiger partial charge in [0.05, 0.1) is 6.04 Å². The average molecular weight is 304 g/mol. The monoisotopic (exact) mass is 304 g/mol. The van der Waals surface area contributed by atoms with Crippen LogP contribution in [0, 0.1) is 13.8 Å². The van der Waals surface area contributed by atoms with E-state index in [0.29, 0.717) is 0 Å². The molecule has 0 aromatic heterocycles. The molecule has 3 nitrogen and oxygen atoms in total. The Balaban J connectivity index is 1.99. The minimum atomic E-state index is -0.323. The molecule has 2 atom stereocenters. The summed E-state index contributed by atoms with van der Waals surface area (Å²) in [5.74, 6) is 1.01. The standard InChI is InChI=1S/C17H24N2OS/c1-5-6-7-19-16(21)18-14-10-17(19,4)20-15-9-12(3)11(2)8-13(14)15/h8-9,14H,5-7,10H2,1-4H3,(H,18,21). The predicted octanol–water partition coefficient (Wildman–Crippen LogP) is 3.83. The van der Waals surface area contributed by atoms with Crippen molar-refractivity contribution in [3.05, 3.63) is 28.8 Å². The topological polar surface area (TPSA) is 24.5 Å². The van der Waals surface area contributed by atoms with Gasteiger partial charge in [-0.2, -0.15) is 0 Å². The predicted molar refractivity (Wildman–Crippen MR) is 89.7 cm³/mol. The second kappa shape index (κ2) is 5.16. The van der Waals surface area contributed by atoms with Crippen LogP contribution < -0.4 is 10.1 Å². The third kappa shape index (κ3) is 2.39. The quantitative estimate of drug-likeness (QED) is 0.858. The van der Waals surface area contributed by atoms with Crippen LogP contribution in [0.5, 0.6) is 5.75 Å². The van der Waals surface area contributed by atoms with E-state index in [4.69, 9.17) is 17.0 Å². The van der Waals surface area contributed by atoms with Crippen LogP contribution in [0.15, 0.2) is 12.1 Å². The van der Waals surface area contributed by atoms with Gasteiger partial charge in [0.2, 0.25) is 0 Å². The number of ether oxygens (including phenoxy) is 1. The first kappa shape index (κ1) is 14.6. The first-order valence-corrected chi connectivity index (χ1v) is 8.24. The number of aryl methyl sites for hydroxylation is 2. The first-order valence-electron chi connectivity index (χ1n) is 7.83. The third-order valence-electron chi connectivity index (χ3n) is 4.76. The van der Waals surface area contributed by atoms with Crippen molar-refractivity contribution in [3.8, 4) is 5.75 Å². The fourth-order valence-electron chi connectivity index (χ4n) is 3.33. The van der Waals surface area contributed by atoms with E-state index < -0.39 is 0 Å². The van der Waals surface area contributed by atoms with Crippen LogP contribution in [0.1, 0.15) is 55.8 Å². The number of hydrogen-bond donors (Lipinski definition) is 1. The smallest absolute Gasteiger partial charge is 0.184 e. The Morgan fingerprint density at radius 3 is 2.81 bits per heavy atom. The molecule has 2 aliphatic rings. The highest BCUT2D eigenvalue weighted by molar-refractivity contribution is 7.80. The van der Waals surface area contributed by atoms with Crippen LogP contribution in [0.4, 0.5) is 0 Å². The van der Waals surface area contributed by atoms with Gasteiger partial charge in [0, 0.05) is 18.5 Å². The molecule has 114 valence electrons. The van der Waals surface area contributed by atoms with Crippen molar-refractivity contribution in [2.75, 3.05) is 6.54 Å². The first-order chi connectivity index (χ1) is 9.94. The molecule has 2 aliphatic heterocycles. The summed E-state index contributed by atoms with van der Waals surface area (Å²) < 4.78 is 6.40.